The van der Waals surface area contributed by atoms with Crippen LogP contribution < -0.4 is 10.3 Å². The molecule has 150 valence electrons. The summed E-state index contributed by atoms with van der Waals surface area (Å²) in [6.45, 7) is 6.80. The van der Waals surface area contributed by atoms with E-state index in [4.69, 9.17) is 9.72 Å². The molecule has 3 heterocycles. The first kappa shape index (κ1) is 19.3. The van der Waals surface area contributed by atoms with Crippen LogP contribution in [-0.4, -0.2) is 39.0 Å². The summed E-state index contributed by atoms with van der Waals surface area (Å²) < 4.78 is 5.71. The highest BCUT2D eigenvalue weighted by Gasteiger charge is 2.26. The molecule has 0 saturated carbocycles. The van der Waals surface area contributed by atoms with Crippen LogP contribution in [0.1, 0.15) is 37.6 Å². The molecule has 29 heavy (non-hydrogen) atoms. The van der Waals surface area contributed by atoms with Crippen molar-refractivity contribution >= 4 is 0 Å². The highest BCUT2D eigenvalue weighted by atomic mass is 16.5. The summed E-state index contributed by atoms with van der Waals surface area (Å²) in [4.78, 5) is 26.4. The standard InChI is InChI=1S/C23H26N4O2/c1-16(2)29-20-7-5-17(6-8-20)14-27-11-9-19(15-27)23-25-21(12-22(28)26-23)18-4-3-10-24-13-18/h3-8,10,12-13,16,19H,9,11,14-15H2,1-2H3,(H,25,26,28)/t19-/m0/s1. The summed E-state index contributed by atoms with van der Waals surface area (Å²) in [6.07, 6.45) is 4.61. The molecule has 2 aromatic heterocycles. The molecule has 0 amide bonds. The molecule has 3 aromatic rings. The van der Waals surface area contributed by atoms with Crippen molar-refractivity contribution in [3.8, 4) is 17.0 Å². The highest BCUT2D eigenvalue weighted by molar-refractivity contribution is 5.56. The van der Waals surface area contributed by atoms with Crippen LogP contribution in [0, 0.1) is 0 Å². The van der Waals surface area contributed by atoms with Crippen LogP contribution in [-0.2, 0) is 6.54 Å². The van der Waals surface area contributed by atoms with Gasteiger partial charge < -0.3 is 9.72 Å². The summed E-state index contributed by atoms with van der Waals surface area (Å²) in [6, 6.07) is 13.6. The second kappa shape index (κ2) is 8.57. The minimum atomic E-state index is -0.118. The number of rotatable bonds is 6. The van der Waals surface area contributed by atoms with Crippen molar-refractivity contribution in [1.29, 1.82) is 0 Å². The fraction of sp³-hybridized carbons (Fsp3) is 0.348. The number of hydrogen-bond donors (Lipinski definition) is 1. The van der Waals surface area contributed by atoms with Crippen molar-refractivity contribution in [1.82, 2.24) is 19.9 Å². The molecular formula is C23H26N4O2. The number of nitrogens with one attached hydrogen (secondary N) is 1. The van der Waals surface area contributed by atoms with E-state index in [1.807, 2.05) is 38.1 Å². The lowest BCUT2D eigenvalue weighted by atomic mass is 10.1. The van der Waals surface area contributed by atoms with E-state index < -0.39 is 0 Å². The van der Waals surface area contributed by atoms with Gasteiger partial charge in [-0.15, -0.1) is 0 Å². The number of aromatic amines is 1. The van der Waals surface area contributed by atoms with Crippen molar-refractivity contribution in [3.05, 3.63) is 76.6 Å². The summed E-state index contributed by atoms with van der Waals surface area (Å²) in [5, 5.41) is 0. The lowest BCUT2D eigenvalue weighted by molar-refractivity contribution is 0.242. The van der Waals surface area contributed by atoms with E-state index in [2.05, 4.69) is 27.0 Å². The lowest BCUT2D eigenvalue weighted by Gasteiger charge is -2.17. The van der Waals surface area contributed by atoms with Gasteiger partial charge in [-0.2, -0.15) is 0 Å². The molecule has 1 aromatic carbocycles. The Morgan fingerprint density at radius 1 is 1.24 bits per heavy atom. The molecular weight excluding hydrogens is 364 g/mol. The molecule has 4 rings (SSSR count). The Labute approximate surface area is 170 Å². The minimum Gasteiger partial charge on any atom is -0.491 e. The molecule has 6 heteroatoms. The smallest absolute Gasteiger partial charge is 0.251 e. The zero-order valence-corrected chi connectivity index (χ0v) is 16.8. The quantitative estimate of drug-likeness (QED) is 0.696. The maximum absolute atomic E-state index is 12.2. The van der Waals surface area contributed by atoms with Gasteiger partial charge in [0, 0.05) is 43.0 Å². The molecule has 1 fully saturated rings. The van der Waals surface area contributed by atoms with E-state index in [9.17, 15) is 4.79 Å². The molecule has 1 aliphatic rings. The lowest BCUT2D eigenvalue weighted by Crippen LogP contribution is -2.21. The van der Waals surface area contributed by atoms with Crippen molar-refractivity contribution in [2.45, 2.75) is 38.8 Å². The number of pyridine rings is 1. The van der Waals surface area contributed by atoms with Crippen molar-refractivity contribution in [3.63, 3.8) is 0 Å². The average Bonchev–Trinajstić information content (AvgIpc) is 3.18. The van der Waals surface area contributed by atoms with Gasteiger partial charge in [-0.1, -0.05) is 12.1 Å². The Kier molecular flexibility index (Phi) is 5.71. The predicted octanol–water partition coefficient (Wildman–Crippen LogP) is 3.61. The van der Waals surface area contributed by atoms with Crippen LogP contribution in [0.25, 0.3) is 11.3 Å². The van der Waals surface area contributed by atoms with E-state index >= 15 is 0 Å². The first-order chi connectivity index (χ1) is 14.1. The normalized spacial score (nSPS) is 17.0. The monoisotopic (exact) mass is 390 g/mol. The van der Waals surface area contributed by atoms with E-state index in [1.54, 1.807) is 12.4 Å². The van der Waals surface area contributed by atoms with E-state index in [0.29, 0.717) is 5.69 Å². The number of benzene rings is 1. The largest absolute Gasteiger partial charge is 0.491 e. The van der Waals surface area contributed by atoms with Gasteiger partial charge in [0.15, 0.2) is 0 Å². The maximum atomic E-state index is 12.2. The number of H-pyrrole nitrogens is 1. The van der Waals surface area contributed by atoms with Gasteiger partial charge in [-0.25, -0.2) is 4.98 Å². The van der Waals surface area contributed by atoms with Gasteiger partial charge in [0.05, 0.1) is 11.8 Å². The van der Waals surface area contributed by atoms with Gasteiger partial charge in [-0.3, -0.25) is 14.7 Å². The summed E-state index contributed by atoms with van der Waals surface area (Å²) in [5.74, 6) is 1.89. The number of likely N-dealkylation sites (tertiary alicyclic amines) is 1. The topological polar surface area (TPSA) is 71.1 Å². The Morgan fingerprint density at radius 3 is 2.79 bits per heavy atom. The van der Waals surface area contributed by atoms with Crippen molar-refractivity contribution in [2.24, 2.45) is 0 Å². The third kappa shape index (κ3) is 4.90. The van der Waals surface area contributed by atoms with Crippen molar-refractivity contribution in [2.75, 3.05) is 13.1 Å². The molecule has 0 bridgehead atoms. The minimum absolute atomic E-state index is 0.118. The van der Waals surface area contributed by atoms with Gasteiger partial charge in [-0.05, 0) is 56.6 Å². The predicted molar refractivity (Wildman–Crippen MR) is 113 cm³/mol. The summed E-state index contributed by atoms with van der Waals surface area (Å²) in [7, 11) is 0. The molecule has 0 aliphatic carbocycles. The van der Waals surface area contributed by atoms with Gasteiger partial charge >= 0.3 is 0 Å². The Morgan fingerprint density at radius 2 is 2.07 bits per heavy atom. The Bertz CT molecular complexity index is 999. The summed E-state index contributed by atoms with van der Waals surface area (Å²) in [5.41, 5.74) is 2.68. The van der Waals surface area contributed by atoms with Crippen LogP contribution in [0.2, 0.25) is 0 Å². The fourth-order valence-corrected chi connectivity index (χ4v) is 3.74. The molecule has 0 spiro atoms. The maximum Gasteiger partial charge on any atom is 0.251 e. The SMILES string of the molecule is CC(C)Oc1ccc(CN2CC[C@H](c3nc(-c4cccnc4)cc(=O)[nH]3)C2)cc1. The number of aromatic nitrogens is 3. The number of nitrogens with zero attached hydrogens (tertiary/aromatic N) is 3. The number of hydrogen-bond acceptors (Lipinski definition) is 5. The Hall–Kier alpha value is -2.99. The Balaban J connectivity index is 1.43. The second-order valence-electron chi connectivity index (χ2n) is 7.79. The zero-order chi connectivity index (χ0) is 20.2. The molecule has 0 radical (unpaired) electrons. The summed E-state index contributed by atoms with van der Waals surface area (Å²) >= 11 is 0. The molecule has 1 aliphatic heterocycles. The van der Waals surface area contributed by atoms with E-state index in [-0.39, 0.29) is 17.6 Å². The third-order valence-electron chi connectivity index (χ3n) is 5.08. The molecule has 1 saturated heterocycles. The van der Waals surface area contributed by atoms with E-state index in [0.717, 1.165) is 43.2 Å². The average molecular weight is 390 g/mol. The van der Waals surface area contributed by atoms with Gasteiger partial charge in [0.2, 0.25) is 0 Å². The zero-order valence-electron chi connectivity index (χ0n) is 16.8. The van der Waals surface area contributed by atoms with Gasteiger partial charge in [0.1, 0.15) is 11.6 Å². The van der Waals surface area contributed by atoms with Crippen LogP contribution in [0.15, 0.2) is 59.7 Å². The van der Waals surface area contributed by atoms with Crippen LogP contribution in [0.5, 0.6) is 5.75 Å². The van der Waals surface area contributed by atoms with Crippen LogP contribution >= 0.6 is 0 Å². The molecule has 1 N–H and O–H groups in total. The first-order valence-corrected chi connectivity index (χ1v) is 10.1. The molecule has 1 atom stereocenters. The fourth-order valence-electron chi connectivity index (χ4n) is 3.74. The first-order valence-electron chi connectivity index (χ1n) is 10.1. The third-order valence-corrected chi connectivity index (χ3v) is 5.08. The highest BCUT2D eigenvalue weighted by Crippen LogP contribution is 2.27. The van der Waals surface area contributed by atoms with E-state index in [1.165, 1.54) is 11.6 Å². The second-order valence-corrected chi connectivity index (χ2v) is 7.79. The van der Waals surface area contributed by atoms with Crippen LogP contribution in [0.4, 0.5) is 0 Å². The van der Waals surface area contributed by atoms with Gasteiger partial charge in [0.25, 0.3) is 5.56 Å². The molecule has 0 unspecified atom stereocenters. The molecule has 6 nitrogen and oxygen atoms in total. The number of ether oxygens (including phenoxy) is 1. The van der Waals surface area contributed by atoms with Crippen LogP contribution in [0.3, 0.4) is 0 Å². The van der Waals surface area contributed by atoms with Crippen molar-refractivity contribution < 1.29 is 4.74 Å².